The van der Waals surface area contributed by atoms with Crippen molar-refractivity contribution in [1.82, 2.24) is 25.5 Å². The van der Waals surface area contributed by atoms with Crippen LogP contribution in [0.15, 0.2) is 85.2 Å². The molecule has 7 nitrogen and oxygen atoms in total. The van der Waals surface area contributed by atoms with E-state index in [2.05, 4.69) is 20.8 Å². The van der Waals surface area contributed by atoms with Crippen LogP contribution >= 0.6 is 0 Å². The highest BCUT2D eigenvalue weighted by Crippen LogP contribution is 2.21. The SMILES string of the molecule is O=C(NCc1ccc(Oc2ccccc2)cc1)c1cccc(-n2cnnn2)c1. The van der Waals surface area contributed by atoms with Gasteiger partial charge in [-0.2, -0.15) is 0 Å². The summed E-state index contributed by atoms with van der Waals surface area (Å²) in [6.07, 6.45) is 1.48. The fourth-order valence-corrected chi connectivity index (χ4v) is 2.65. The summed E-state index contributed by atoms with van der Waals surface area (Å²) < 4.78 is 7.27. The summed E-state index contributed by atoms with van der Waals surface area (Å²) in [4.78, 5) is 12.5. The van der Waals surface area contributed by atoms with E-state index in [1.54, 1.807) is 18.2 Å². The molecule has 0 saturated heterocycles. The molecular weight excluding hydrogens is 354 g/mol. The lowest BCUT2D eigenvalue weighted by molar-refractivity contribution is 0.0951. The second-order valence-corrected chi connectivity index (χ2v) is 6.05. The van der Waals surface area contributed by atoms with E-state index in [0.29, 0.717) is 12.1 Å². The lowest BCUT2D eigenvalue weighted by atomic mass is 10.1. The zero-order valence-corrected chi connectivity index (χ0v) is 14.9. The Morgan fingerprint density at radius 1 is 0.929 bits per heavy atom. The molecule has 0 atom stereocenters. The van der Waals surface area contributed by atoms with Gasteiger partial charge in [-0.25, -0.2) is 4.68 Å². The third kappa shape index (κ3) is 4.21. The molecular formula is C21H17N5O2. The molecule has 1 N–H and O–H groups in total. The molecule has 28 heavy (non-hydrogen) atoms. The molecule has 0 aliphatic carbocycles. The van der Waals surface area contributed by atoms with E-state index in [0.717, 1.165) is 22.7 Å². The Morgan fingerprint density at radius 3 is 2.46 bits per heavy atom. The number of tetrazole rings is 1. The molecule has 7 heteroatoms. The Balaban J connectivity index is 1.36. The van der Waals surface area contributed by atoms with Crippen molar-refractivity contribution < 1.29 is 9.53 Å². The van der Waals surface area contributed by atoms with Crippen molar-refractivity contribution in [3.8, 4) is 17.2 Å². The van der Waals surface area contributed by atoms with Crippen LogP contribution in [0.2, 0.25) is 0 Å². The van der Waals surface area contributed by atoms with Crippen LogP contribution < -0.4 is 10.1 Å². The van der Waals surface area contributed by atoms with Gasteiger partial charge in [0.1, 0.15) is 17.8 Å². The average Bonchev–Trinajstić information content (AvgIpc) is 3.29. The Bertz CT molecular complexity index is 1050. The Labute approximate surface area is 161 Å². The maximum Gasteiger partial charge on any atom is 0.251 e. The first-order valence-corrected chi connectivity index (χ1v) is 8.71. The quantitative estimate of drug-likeness (QED) is 0.562. The molecule has 4 aromatic rings. The number of para-hydroxylation sites is 1. The van der Waals surface area contributed by atoms with Gasteiger partial charge in [0.05, 0.1) is 5.69 Å². The monoisotopic (exact) mass is 371 g/mol. The summed E-state index contributed by atoms with van der Waals surface area (Å²) in [7, 11) is 0. The van der Waals surface area contributed by atoms with Crippen LogP contribution in [0.3, 0.4) is 0 Å². The highest BCUT2D eigenvalue weighted by Gasteiger charge is 2.08. The van der Waals surface area contributed by atoms with Crippen molar-refractivity contribution in [2.75, 3.05) is 0 Å². The van der Waals surface area contributed by atoms with E-state index >= 15 is 0 Å². The molecule has 0 aliphatic rings. The second-order valence-electron chi connectivity index (χ2n) is 6.05. The summed E-state index contributed by atoms with van der Waals surface area (Å²) in [6.45, 7) is 0.416. The van der Waals surface area contributed by atoms with E-state index in [-0.39, 0.29) is 5.91 Å². The van der Waals surface area contributed by atoms with Crippen molar-refractivity contribution in [2.45, 2.75) is 6.54 Å². The Hall–Kier alpha value is -4.00. The van der Waals surface area contributed by atoms with Gasteiger partial charge in [-0.3, -0.25) is 4.79 Å². The maximum atomic E-state index is 12.5. The Morgan fingerprint density at radius 2 is 1.71 bits per heavy atom. The molecule has 0 saturated carbocycles. The van der Waals surface area contributed by atoms with Gasteiger partial charge < -0.3 is 10.1 Å². The van der Waals surface area contributed by atoms with Crippen molar-refractivity contribution in [3.63, 3.8) is 0 Å². The molecule has 0 bridgehead atoms. The largest absolute Gasteiger partial charge is 0.457 e. The Kier molecular flexibility index (Phi) is 5.06. The lowest BCUT2D eigenvalue weighted by Crippen LogP contribution is -2.22. The first-order valence-electron chi connectivity index (χ1n) is 8.71. The molecule has 138 valence electrons. The minimum Gasteiger partial charge on any atom is -0.457 e. The van der Waals surface area contributed by atoms with Crippen LogP contribution in [0.5, 0.6) is 11.5 Å². The van der Waals surface area contributed by atoms with Crippen molar-refractivity contribution >= 4 is 5.91 Å². The summed E-state index contributed by atoms with van der Waals surface area (Å²) in [5.41, 5.74) is 2.24. The van der Waals surface area contributed by atoms with Crippen molar-refractivity contribution in [3.05, 3.63) is 96.3 Å². The minimum absolute atomic E-state index is 0.167. The summed E-state index contributed by atoms with van der Waals surface area (Å²) >= 11 is 0. The van der Waals surface area contributed by atoms with Crippen LogP contribution in [-0.4, -0.2) is 26.1 Å². The van der Waals surface area contributed by atoms with Crippen LogP contribution in [0.1, 0.15) is 15.9 Å². The normalized spacial score (nSPS) is 10.4. The molecule has 0 radical (unpaired) electrons. The van der Waals surface area contributed by atoms with Gasteiger partial charge >= 0.3 is 0 Å². The lowest BCUT2D eigenvalue weighted by Gasteiger charge is -2.09. The molecule has 4 rings (SSSR count). The highest BCUT2D eigenvalue weighted by atomic mass is 16.5. The van der Waals surface area contributed by atoms with Gasteiger partial charge in [-0.1, -0.05) is 36.4 Å². The second kappa shape index (κ2) is 8.13. The number of hydrogen-bond donors (Lipinski definition) is 1. The predicted molar refractivity (Wildman–Crippen MR) is 103 cm³/mol. The fourth-order valence-electron chi connectivity index (χ4n) is 2.65. The zero-order chi connectivity index (χ0) is 19.2. The standard InChI is InChI=1S/C21H17N5O2/c27-21(17-5-4-6-18(13-17)26-15-23-24-25-26)22-14-16-9-11-20(12-10-16)28-19-7-2-1-3-8-19/h1-13,15H,14H2,(H,22,27). The topological polar surface area (TPSA) is 81.9 Å². The van der Waals surface area contributed by atoms with Crippen LogP contribution in [-0.2, 0) is 6.54 Å². The number of amides is 1. The van der Waals surface area contributed by atoms with E-state index in [1.807, 2.05) is 60.7 Å². The van der Waals surface area contributed by atoms with Gasteiger partial charge in [0, 0.05) is 12.1 Å². The number of hydrogen-bond acceptors (Lipinski definition) is 5. The van der Waals surface area contributed by atoms with Crippen LogP contribution in [0, 0.1) is 0 Å². The van der Waals surface area contributed by atoms with Gasteiger partial charge in [0.2, 0.25) is 0 Å². The molecule has 0 unspecified atom stereocenters. The molecule has 0 spiro atoms. The van der Waals surface area contributed by atoms with Crippen molar-refractivity contribution in [2.24, 2.45) is 0 Å². The molecule has 1 aromatic heterocycles. The van der Waals surface area contributed by atoms with Gasteiger partial charge in [-0.05, 0) is 58.5 Å². The number of carbonyl (C=O) groups excluding carboxylic acids is 1. The molecule has 0 aliphatic heterocycles. The molecule has 1 amide bonds. The average molecular weight is 371 g/mol. The predicted octanol–water partition coefficient (Wildman–Crippen LogP) is 3.38. The fraction of sp³-hybridized carbons (Fsp3) is 0.0476. The van der Waals surface area contributed by atoms with Crippen molar-refractivity contribution in [1.29, 1.82) is 0 Å². The number of ether oxygens (including phenoxy) is 1. The third-order valence-corrected chi connectivity index (χ3v) is 4.08. The third-order valence-electron chi connectivity index (χ3n) is 4.08. The summed E-state index contributed by atoms with van der Waals surface area (Å²) in [5, 5.41) is 14.0. The van der Waals surface area contributed by atoms with E-state index < -0.39 is 0 Å². The zero-order valence-electron chi connectivity index (χ0n) is 14.9. The first-order chi connectivity index (χ1) is 13.8. The van der Waals surface area contributed by atoms with Gasteiger partial charge in [0.25, 0.3) is 5.91 Å². The number of carbonyl (C=O) groups is 1. The minimum atomic E-state index is -0.167. The number of nitrogens with zero attached hydrogens (tertiary/aromatic N) is 4. The summed E-state index contributed by atoms with van der Waals surface area (Å²) in [6, 6.07) is 24.3. The number of aromatic nitrogens is 4. The number of benzene rings is 3. The molecule has 3 aromatic carbocycles. The van der Waals surface area contributed by atoms with Crippen LogP contribution in [0.4, 0.5) is 0 Å². The smallest absolute Gasteiger partial charge is 0.251 e. The van der Waals surface area contributed by atoms with E-state index in [1.165, 1.54) is 11.0 Å². The van der Waals surface area contributed by atoms with Crippen LogP contribution in [0.25, 0.3) is 5.69 Å². The van der Waals surface area contributed by atoms with Gasteiger partial charge in [0.15, 0.2) is 0 Å². The summed E-state index contributed by atoms with van der Waals surface area (Å²) in [5.74, 6) is 1.36. The number of rotatable bonds is 6. The first kappa shape index (κ1) is 17.4. The highest BCUT2D eigenvalue weighted by molar-refractivity contribution is 5.94. The molecule has 1 heterocycles. The van der Waals surface area contributed by atoms with E-state index in [4.69, 9.17) is 4.74 Å². The van der Waals surface area contributed by atoms with E-state index in [9.17, 15) is 4.79 Å². The number of nitrogens with one attached hydrogen (secondary N) is 1. The van der Waals surface area contributed by atoms with Gasteiger partial charge in [-0.15, -0.1) is 5.10 Å². The molecule has 0 fully saturated rings. The maximum absolute atomic E-state index is 12.5.